The summed E-state index contributed by atoms with van der Waals surface area (Å²) in [4.78, 5) is 21.9. The van der Waals surface area contributed by atoms with Crippen LogP contribution in [0.2, 0.25) is 10.6 Å². The zero-order valence-electron chi connectivity index (χ0n) is 43.4. The number of phenols is 4. The van der Waals surface area contributed by atoms with Gasteiger partial charge in [0, 0.05) is 45.1 Å². The number of aromatic nitrogens is 6. The number of fused-ring (bicyclic) bond motifs is 4. The van der Waals surface area contributed by atoms with Crippen molar-refractivity contribution in [1.29, 1.82) is 0 Å². The van der Waals surface area contributed by atoms with Gasteiger partial charge in [0.2, 0.25) is 34.4 Å². The number of nitrogens with one attached hydrogen (secondary N) is 4. The van der Waals surface area contributed by atoms with Crippen molar-refractivity contribution in [2.75, 3.05) is 21.3 Å². The van der Waals surface area contributed by atoms with Gasteiger partial charge in [-0.25, -0.2) is 0 Å². The van der Waals surface area contributed by atoms with Gasteiger partial charge in [0.15, 0.2) is 0 Å². The third-order valence-corrected chi connectivity index (χ3v) is 16.5. The Morgan fingerprint density at radius 3 is 1.01 bits per heavy atom. The van der Waals surface area contributed by atoms with Gasteiger partial charge < -0.3 is 41.7 Å². The van der Waals surface area contributed by atoms with Crippen LogP contribution in [-0.2, 0) is 40.5 Å². The molecule has 2 aromatic heterocycles. The molecule has 11 rings (SSSR count). The number of hydrogen-bond acceptors (Lipinski definition) is 26. The lowest BCUT2D eigenvalue weighted by molar-refractivity contribution is 0.470. The highest BCUT2D eigenvalue weighted by molar-refractivity contribution is 7.86. The van der Waals surface area contributed by atoms with Gasteiger partial charge in [-0.15, -0.1) is 0 Å². The average molecular weight is 1310 g/mol. The highest BCUT2D eigenvalue weighted by Crippen LogP contribution is 2.44. The molecular formula is C52H34Cl2N14O16S4. The highest BCUT2D eigenvalue weighted by Gasteiger charge is 2.26. The van der Waals surface area contributed by atoms with E-state index in [0.717, 1.165) is 36.4 Å². The molecule has 0 aliphatic carbocycles. The van der Waals surface area contributed by atoms with Gasteiger partial charge in [0.05, 0.1) is 32.5 Å². The standard InChI is InChI=1S/C52H34Cl2N14O16S4/c53-47-59-49(63-51(61-47)57-43-41(87(79,80)81)17-25-13-29(9-11-35(25)45(43)71)65-67-31-3-1-23-15-33(85(73,74)75)21-39(69)37(23)19-31)55-27-5-7-28(8-6-27)56-50-60-48(54)62-52(64-50)58-44-42(88(82,83)84)18-26-14-30(10-12-36(26)46(44)72)66-68-32-4-2-24-16-34(86(76,77)78)22-40(70)38(24)20-32/h1-22,69-72H,(H,73,74,75)(H,76,77,78)(H,79,80,81)(H,82,83,84)(H2,55,57,59,61,63)(H2,56,58,60,62,64). The first-order valence-electron chi connectivity index (χ1n) is 24.4. The molecule has 0 aliphatic rings. The van der Waals surface area contributed by atoms with E-state index in [9.17, 15) is 72.3 Å². The van der Waals surface area contributed by atoms with Crippen LogP contribution in [0.25, 0.3) is 43.1 Å². The largest absolute Gasteiger partial charge is 0.507 e. The topological polar surface area (TPSA) is 473 Å². The minimum Gasteiger partial charge on any atom is -0.507 e. The molecule has 11 aromatic rings. The van der Waals surface area contributed by atoms with Crippen LogP contribution in [0.1, 0.15) is 0 Å². The second-order valence-electron chi connectivity index (χ2n) is 18.6. The van der Waals surface area contributed by atoms with E-state index in [4.69, 9.17) is 23.2 Å². The molecule has 0 aliphatic heterocycles. The molecule has 2 heterocycles. The van der Waals surface area contributed by atoms with Gasteiger partial charge in [-0.1, -0.05) is 12.1 Å². The van der Waals surface area contributed by atoms with Crippen LogP contribution in [0.3, 0.4) is 0 Å². The van der Waals surface area contributed by atoms with Crippen LogP contribution < -0.4 is 21.3 Å². The molecule has 0 saturated carbocycles. The number of nitrogens with zero attached hydrogens (tertiary/aromatic N) is 10. The van der Waals surface area contributed by atoms with E-state index in [1.54, 1.807) is 0 Å². The maximum atomic E-state index is 12.8. The van der Waals surface area contributed by atoms with Crippen LogP contribution in [0, 0.1) is 0 Å². The van der Waals surface area contributed by atoms with Crippen molar-refractivity contribution in [3.05, 3.63) is 144 Å². The first kappa shape index (κ1) is 59.6. The van der Waals surface area contributed by atoms with Crippen molar-refractivity contribution >= 4 is 176 Å². The fraction of sp³-hybridized carbons (Fsp3) is 0. The van der Waals surface area contributed by atoms with Gasteiger partial charge in [-0.2, -0.15) is 84.0 Å². The van der Waals surface area contributed by atoms with Crippen LogP contribution in [0.4, 0.5) is 69.3 Å². The zero-order valence-corrected chi connectivity index (χ0v) is 48.2. The van der Waals surface area contributed by atoms with Crippen LogP contribution >= 0.6 is 23.2 Å². The first-order valence-corrected chi connectivity index (χ1v) is 30.9. The number of azo groups is 2. The number of benzene rings is 9. The molecule has 0 unspecified atom stereocenters. The van der Waals surface area contributed by atoms with Crippen LogP contribution in [0.15, 0.2) is 173 Å². The Morgan fingerprint density at radius 2 is 0.670 bits per heavy atom. The Kier molecular flexibility index (Phi) is 15.3. The van der Waals surface area contributed by atoms with Gasteiger partial charge >= 0.3 is 0 Å². The van der Waals surface area contributed by atoms with E-state index in [1.807, 2.05) is 0 Å². The van der Waals surface area contributed by atoms with Gasteiger partial charge in [-0.3, -0.25) is 18.2 Å². The smallest absolute Gasteiger partial charge is 0.296 e. The van der Waals surface area contributed by atoms with Gasteiger partial charge in [0.1, 0.15) is 44.2 Å². The van der Waals surface area contributed by atoms with E-state index < -0.39 is 105 Å². The summed E-state index contributed by atoms with van der Waals surface area (Å²) in [5, 5.41) is 71.7. The minimum atomic E-state index is -5.09. The van der Waals surface area contributed by atoms with E-state index in [1.165, 1.54) is 97.1 Å². The minimum absolute atomic E-state index is 0.0723. The fourth-order valence-electron chi connectivity index (χ4n) is 8.77. The van der Waals surface area contributed by atoms with Crippen molar-refractivity contribution in [2.45, 2.75) is 19.6 Å². The van der Waals surface area contributed by atoms with Gasteiger partial charge in [0.25, 0.3) is 40.5 Å². The number of aromatic hydroxyl groups is 4. The maximum absolute atomic E-state index is 12.8. The highest BCUT2D eigenvalue weighted by atomic mass is 35.5. The van der Waals surface area contributed by atoms with E-state index in [-0.39, 0.29) is 89.6 Å². The van der Waals surface area contributed by atoms with Crippen molar-refractivity contribution in [1.82, 2.24) is 29.9 Å². The molecule has 0 fully saturated rings. The quantitative estimate of drug-likeness (QED) is 0.0243. The average Bonchev–Trinajstić information content (AvgIpc) is 0.949. The predicted molar refractivity (Wildman–Crippen MR) is 319 cm³/mol. The second-order valence-corrected chi connectivity index (χ2v) is 24.9. The molecular weight excluding hydrogens is 1280 g/mol. The Balaban J connectivity index is 0.781. The SMILES string of the molecule is O=S(=O)(O)c1cc(O)c2cc(N=Nc3ccc4c(O)c(Nc5nc(Cl)nc(Nc6ccc(Nc7nc(Cl)nc(Nc8c(S(=O)(=O)O)cc9cc(N=Nc%10ccc%11cc(S(=O)(=O)O)cc(O)c%11c%10)ccc9c8O)n7)cc6)n5)c(S(=O)(=O)O)cc4c3)ccc2c1. The lowest BCUT2D eigenvalue weighted by Crippen LogP contribution is -2.08. The Bertz CT molecular complexity index is 5000. The lowest BCUT2D eigenvalue weighted by Gasteiger charge is -2.15. The molecule has 36 heteroatoms. The summed E-state index contributed by atoms with van der Waals surface area (Å²) in [6.45, 7) is 0. The van der Waals surface area contributed by atoms with Gasteiger partial charge in [-0.05, 0) is 154 Å². The monoisotopic (exact) mass is 1310 g/mol. The zero-order chi connectivity index (χ0) is 62.8. The predicted octanol–water partition coefficient (Wildman–Crippen LogP) is 11.6. The molecule has 446 valence electrons. The molecule has 0 radical (unpaired) electrons. The lowest BCUT2D eigenvalue weighted by atomic mass is 10.1. The summed E-state index contributed by atoms with van der Waals surface area (Å²) in [6, 6.07) is 29.2. The fourth-order valence-corrected chi connectivity index (χ4v) is 11.5. The van der Waals surface area contributed by atoms with E-state index in [2.05, 4.69) is 71.6 Å². The van der Waals surface area contributed by atoms with Crippen molar-refractivity contribution in [3.63, 3.8) is 0 Å². The Labute approximate surface area is 503 Å². The van der Waals surface area contributed by atoms with E-state index in [0.29, 0.717) is 11.4 Å². The normalized spacial score (nSPS) is 12.4. The maximum Gasteiger partial charge on any atom is 0.296 e. The summed E-state index contributed by atoms with van der Waals surface area (Å²) in [5.74, 6) is -3.39. The van der Waals surface area contributed by atoms with Crippen molar-refractivity contribution < 1.29 is 72.3 Å². The van der Waals surface area contributed by atoms with Crippen molar-refractivity contribution in [3.8, 4) is 23.0 Å². The number of hydrogen-bond donors (Lipinski definition) is 12. The molecule has 30 nitrogen and oxygen atoms in total. The number of halogens is 2. The Morgan fingerprint density at radius 1 is 0.341 bits per heavy atom. The molecule has 12 N–H and O–H groups in total. The molecule has 0 atom stereocenters. The summed E-state index contributed by atoms with van der Waals surface area (Å²) < 4.78 is 137. The first-order chi connectivity index (χ1) is 41.5. The second kappa shape index (κ2) is 22.6. The molecule has 0 saturated heterocycles. The summed E-state index contributed by atoms with van der Waals surface area (Å²) in [6.07, 6.45) is 0. The number of anilines is 8. The number of phenolic OH excluding ortho intramolecular Hbond substituents is 4. The molecule has 9 aromatic carbocycles. The molecule has 0 amide bonds. The summed E-state index contributed by atoms with van der Waals surface area (Å²) in [7, 11) is -19.4. The third kappa shape index (κ3) is 12.9. The number of rotatable bonds is 16. The molecule has 88 heavy (non-hydrogen) atoms. The van der Waals surface area contributed by atoms with Crippen molar-refractivity contribution in [2.24, 2.45) is 20.5 Å². The Hall–Kier alpha value is -10.1. The summed E-state index contributed by atoms with van der Waals surface area (Å²) >= 11 is 12.5. The molecule has 0 bridgehead atoms. The summed E-state index contributed by atoms with van der Waals surface area (Å²) in [5.41, 5.74) is 0.314. The van der Waals surface area contributed by atoms with Crippen LogP contribution in [0.5, 0.6) is 23.0 Å². The van der Waals surface area contributed by atoms with Crippen LogP contribution in [-0.4, -0.2) is 102 Å². The van der Waals surface area contributed by atoms with E-state index >= 15 is 0 Å². The molecule has 0 spiro atoms. The third-order valence-electron chi connectivity index (χ3n) is 12.7.